The molecule has 25 heavy (non-hydrogen) atoms. The quantitative estimate of drug-likeness (QED) is 0.788. The molecule has 0 aliphatic heterocycles. The lowest BCUT2D eigenvalue weighted by atomic mass is 10.1. The van der Waals surface area contributed by atoms with Crippen molar-refractivity contribution in [2.45, 2.75) is 32.2 Å². The van der Waals surface area contributed by atoms with Crippen LogP contribution in [0.2, 0.25) is 0 Å². The first-order valence-electron chi connectivity index (χ1n) is 8.35. The molecule has 1 aromatic carbocycles. The number of amides is 2. The molecule has 1 fully saturated rings. The zero-order valence-corrected chi connectivity index (χ0v) is 15.9. The molecule has 132 valence electrons. The molecule has 1 aromatic heterocycles. The van der Waals surface area contributed by atoms with E-state index in [1.54, 1.807) is 24.3 Å². The Morgan fingerprint density at radius 2 is 1.92 bits per heavy atom. The zero-order valence-electron chi connectivity index (χ0n) is 14.3. The van der Waals surface area contributed by atoms with Crippen molar-refractivity contribution in [3.63, 3.8) is 0 Å². The molecule has 1 aliphatic rings. The fourth-order valence-electron chi connectivity index (χ4n) is 2.76. The van der Waals surface area contributed by atoms with E-state index in [1.165, 1.54) is 12.8 Å². The van der Waals surface area contributed by atoms with E-state index in [0.29, 0.717) is 28.7 Å². The maximum atomic E-state index is 12.4. The van der Waals surface area contributed by atoms with Gasteiger partial charge < -0.3 is 14.6 Å². The topological polar surface area (TPSA) is 62.6 Å². The molecule has 0 bridgehead atoms. The highest BCUT2D eigenvalue weighted by atomic mass is 79.9. The summed E-state index contributed by atoms with van der Waals surface area (Å²) in [6, 6.07) is 10.9. The van der Waals surface area contributed by atoms with Crippen LogP contribution in [0.3, 0.4) is 0 Å². The molecule has 1 saturated carbocycles. The number of hydrogen-bond donors (Lipinski definition) is 1. The average Bonchev–Trinajstić information content (AvgIpc) is 3.36. The summed E-state index contributed by atoms with van der Waals surface area (Å²) in [7, 11) is 1.88. The number of benzene rings is 1. The van der Waals surface area contributed by atoms with Gasteiger partial charge in [0.25, 0.3) is 5.91 Å². The monoisotopic (exact) mass is 404 g/mol. The molecular formula is C19H21BrN2O3. The second-order valence-electron chi connectivity index (χ2n) is 6.51. The number of likely N-dealkylation sites (N-methyl/N-ethyl adjacent to an activating group) is 1. The van der Waals surface area contributed by atoms with E-state index in [-0.39, 0.29) is 17.6 Å². The van der Waals surface area contributed by atoms with Crippen molar-refractivity contribution in [3.05, 3.63) is 52.4 Å². The van der Waals surface area contributed by atoms with Crippen molar-refractivity contribution in [3.8, 4) is 0 Å². The number of rotatable bonds is 6. The fraction of sp³-hybridized carbons (Fsp3) is 0.368. The zero-order chi connectivity index (χ0) is 18.0. The van der Waals surface area contributed by atoms with Crippen LogP contribution in [0, 0.1) is 5.92 Å². The summed E-state index contributed by atoms with van der Waals surface area (Å²) in [4.78, 5) is 26.3. The predicted octanol–water partition coefficient (Wildman–Crippen LogP) is 4.09. The molecule has 1 N–H and O–H groups in total. The summed E-state index contributed by atoms with van der Waals surface area (Å²) in [6.07, 6.45) is 2.81. The van der Waals surface area contributed by atoms with Gasteiger partial charge in [0.1, 0.15) is 0 Å². The average molecular weight is 405 g/mol. The number of hydrogen-bond acceptors (Lipinski definition) is 3. The second-order valence-corrected chi connectivity index (χ2v) is 7.30. The molecule has 6 heteroatoms. The lowest BCUT2D eigenvalue weighted by molar-refractivity contribution is -0.131. The van der Waals surface area contributed by atoms with Gasteiger partial charge in [0, 0.05) is 18.8 Å². The summed E-state index contributed by atoms with van der Waals surface area (Å²) < 4.78 is 5.73. The van der Waals surface area contributed by atoms with Gasteiger partial charge in [0.2, 0.25) is 5.91 Å². The van der Waals surface area contributed by atoms with E-state index in [1.807, 2.05) is 24.1 Å². The Kier molecular flexibility index (Phi) is 5.27. The van der Waals surface area contributed by atoms with Crippen LogP contribution in [-0.2, 0) is 11.2 Å². The van der Waals surface area contributed by atoms with E-state index in [2.05, 4.69) is 28.2 Å². The van der Waals surface area contributed by atoms with Gasteiger partial charge >= 0.3 is 0 Å². The first-order valence-corrected chi connectivity index (χ1v) is 9.14. The number of anilines is 1. The lowest BCUT2D eigenvalue weighted by Crippen LogP contribution is -2.37. The van der Waals surface area contributed by atoms with Crippen LogP contribution in [-0.4, -0.2) is 29.8 Å². The largest absolute Gasteiger partial charge is 0.444 e. The van der Waals surface area contributed by atoms with Crippen molar-refractivity contribution in [2.24, 2.45) is 5.92 Å². The van der Waals surface area contributed by atoms with Gasteiger partial charge in [0.15, 0.2) is 10.4 Å². The number of nitrogens with one attached hydrogen (secondary N) is 1. The molecule has 3 rings (SSSR count). The Morgan fingerprint density at radius 1 is 1.24 bits per heavy atom. The molecule has 0 radical (unpaired) electrons. The van der Waals surface area contributed by atoms with Crippen molar-refractivity contribution in [1.82, 2.24) is 4.90 Å². The van der Waals surface area contributed by atoms with Crippen molar-refractivity contribution >= 4 is 33.4 Å². The first-order chi connectivity index (χ1) is 11.9. The van der Waals surface area contributed by atoms with Crippen molar-refractivity contribution in [1.29, 1.82) is 0 Å². The SMILES string of the molecule is CC(C1CC1)N(C)C(=O)Cc1ccc(NC(=O)c2ccc(Br)o2)cc1. The van der Waals surface area contributed by atoms with Gasteiger partial charge in [-0.15, -0.1) is 0 Å². The Morgan fingerprint density at radius 3 is 2.48 bits per heavy atom. The van der Waals surface area contributed by atoms with E-state index in [4.69, 9.17) is 4.42 Å². The normalized spacial score (nSPS) is 14.8. The molecule has 0 spiro atoms. The lowest BCUT2D eigenvalue weighted by Gasteiger charge is -2.25. The molecule has 2 amide bonds. The van der Waals surface area contributed by atoms with Crippen LogP contribution in [0.1, 0.15) is 35.9 Å². The smallest absolute Gasteiger partial charge is 0.291 e. The van der Waals surface area contributed by atoms with Gasteiger partial charge in [-0.3, -0.25) is 9.59 Å². The third-order valence-electron chi connectivity index (χ3n) is 4.67. The predicted molar refractivity (Wildman–Crippen MR) is 99.5 cm³/mol. The Bertz CT molecular complexity index is 765. The third kappa shape index (κ3) is 4.51. The highest BCUT2D eigenvalue weighted by Crippen LogP contribution is 2.34. The van der Waals surface area contributed by atoms with Gasteiger partial charge in [0.05, 0.1) is 6.42 Å². The minimum absolute atomic E-state index is 0.122. The number of carbonyl (C=O) groups is 2. The van der Waals surface area contributed by atoms with E-state index >= 15 is 0 Å². The van der Waals surface area contributed by atoms with Gasteiger partial charge in [-0.05, 0) is 71.4 Å². The van der Waals surface area contributed by atoms with Crippen LogP contribution in [0.15, 0.2) is 45.5 Å². The maximum Gasteiger partial charge on any atom is 0.291 e. The van der Waals surface area contributed by atoms with Crippen LogP contribution >= 0.6 is 15.9 Å². The highest BCUT2D eigenvalue weighted by molar-refractivity contribution is 9.10. The summed E-state index contributed by atoms with van der Waals surface area (Å²) in [6.45, 7) is 2.11. The van der Waals surface area contributed by atoms with Gasteiger partial charge in [-0.2, -0.15) is 0 Å². The van der Waals surface area contributed by atoms with E-state index < -0.39 is 0 Å². The Labute approximate surface area is 155 Å². The molecular weight excluding hydrogens is 384 g/mol. The Hall–Kier alpha value is -2.08. The van der Waals surface area contributed by atoms with Crippen molar-refractivity contribution in [2.75, 3.05) is 12.4 Å². The third-order valence-corrected chi connectivity index (χ3v) is 5.10. The molecule has 1 atom stereocenters. The second kappa shape index (κ2) is 7.44. The number of furan rings is 1. The van der Waals surface area contributed by atoms with Gasteiger partial charge in [-0.25, -0.2) is 0 Å². The highest BCUT2D eigenvalue weighted by Gasteiger charge is 2.32. The number of carbonyl (C=O) groups excluding carboxylic acids is 2. The molecule has 5 nitrogen and oxygen atoms in total. The molecule has 0 saturated heterocycles. The summed E-state index contributed by atoms with van der Waals surface area (Å²) in [5, 5.41) is 2.77. The van der Waals surface area contributed by atoms with E-state index in [0.717, 1.165) is 5.56 Å². The minimum Gasteiger partial charge on any atom is -0.444 e. The van der Waals surface area contributed by atoms with Crippen LogP contribution < -0.4 is 5.32 Å². The van der Waals surface area contributed by atoms with Crippen LogP contribution in [0.25, 0.3) is 0 Å². The van der Waals surface area contributed by atoms with E-state index in [9.17, 15) is 9.59 Å². The van der Waals surface area contributed by atoms with Gasteiger partial charge in [-0.1, -0.05) is 12.1 Å². The number of nitrogens with zero attached hydrogens (tertiary/aromatic N) is 1. The molecule has 1 aliphatic carbocycles. The number of halogens is 1. The summed E-state index contributed by atoms with van der Waals surface area (Å²) in [5.41, 5.74) is 1.59. The maximum absolute atomic E-state index is 12.4. The molecule has 1 unspecified atom stereocenters. The Balaban J connectivity index is 1.56. The molecule has 2 aromatic rings. The standard InChI is InChI=1S/C19H21BrN2O3/c1-12(14-5-6-14)22(2)18(23)11-13-3-7-15(8-4-13)21-19(24)16-9-10-17(20)25-16/h3-4,7-10,12,14H,5-6,11H2,1-2H3,(H,21,24). The minimum atomic E-state index is -0.312. The van der Waals surface area contributed by atoms with Crippen LogP contribution in [0.5, 0.6) is 0 Å². The van der Waals surface area contributed by atoms with Crippen LogP contribution in [0.4, 0.5) is 5.69 Å². The first kappa shape index (κ1) is 17.7. The van der Waals surface area contributed by atoms with Crippen molar-refractivity contribution < 1.29 is 14.0 Å². The summed E-state index contributed by atoms with van der Waals surface area (Å²) in [5.74, 6) is 0.708. The fourth-order valence-corrected chi connectivity index (χ4v) is 3.06. The summed E-state index contributed by atoms with van der Waals surface area (Å²) >= 11 is 3.17. The molecule has 1 heterocycles.